The van der Waals surface area contributed by atoms with Crippen LogP contribution in [-0.4, -0.2) is 43.2 Å². The van der Waals surface area contributed by atoms with E-state index in [1.807, 2.05) is 6.07 Å². The van der Waals surface area contributed by atoms with Gasteiger partial charge in [0.1, 0.15) is 6.54 Å². The molecule has 0 unspecified atom stereocenters. The number of ether oxygens (including phenoxy) is 1. The lowest BCUT2D eigenvalue weighted by atomic mass is 10.2. The maximum absolute atomic E-state index is 11.6. The Kier molecular flexibility index (Phi) is 3.78. The van der Waals surface area contributed by atoms with Crippen LogP contribution in [0.1, 0.15) is 0 Å². The highest BCUT2D eigenvalue weighted by molar-refractivity contribution is 5.89. The molecule has 2 rings (SSSR count). The summed E-state index contributed by atoms with van der Waals surface area (Å²) in [4.78, 5) is 24.6. The Labute approximate surface area is 104 Å². The van der Waals surface area contributed by atoms with Gasteiger partial charge in [0, 0.05) is 6.54 Å². The molecule has 6 nitrogen and oxygen atoms in total. The molecule has 0 aliphatic carbocycles. The second-order valence-electron chi connectivity index (χ2n) is 3.87. The Morgan fingerprint density at radius 1 is 1.44 bits per heavy atom. The van der Waals surface area contributed by atoms with Crippen LogP contribution in [0, 0.1) is 0 Å². The van der Waals surface area contributed by atoms with Crippen LogP contribution in [0.2, 0.25) is 0 Å². The van der Waals surface area contributed by atoms with Crippen molar-refractivity contribution < 1.29 is 19.4 Å². The third kappa shape index (κ3) is 2.78. The standard InChI is InChI=1S/C12H14N2O4/c15-6-5-13-11(16)7-14-8-12(17)18-10-4-2-1-3-9(10)14/h1-4,15H,5-8H2,(H,13,16). The van der Waals surface area contributed by atoms with Crippen molar-refractivity contribution in [2.45, 2.75) is 0 Å². The molecule has 0 fully saturated rings. The summed E-state index contributed by atoms with van der Waals surface area (Å²) in [5, 5.41) is 11.2. The van der Waals surface area contributed by atoms with E-state index in [0.717, 1.165) is 5.69 Å². The summed E-state index contributed by atoms with van der Waals surface area (Å²) in [6.07, 6.45) is 0. The molecular formula is C12H14N2O4. The van der Waals surface area contributed by atoms with E-state index in [1.165, 1.54) is 0 Å². The molecule has 0 aromatic heterocycles. The van der Waals surface area contributed by atoms with Gasteiger partial charge in [-0.2, -0.15) is 0 Å². The van der Waals surface area contributed by atoms with Crippen molar-refractivity contribution in [2.75, 3.05) is 31.1 Å². The molecule has 96 valence electrons. The quantitative estimate of drug-likeness (QED) is 0.557. The average Bonchev–Trinajstić information content (AvgIpc) is 2.36. The lowest BCUT2D eigenvalue weighted by Crippen LogP contribution is -2.43. The first-order valence-corrected chi connectivity index (χ1v) is 5.63. The maximum Gasteiger partial charge on any atom is 0.331 e. The molecule has 1 aliphatic rings. The SMILES string of the molecule is O=C(CN1CC(=O)Oc2ccccc21)NCCO. The zero-order chi connectivity index (χ0) is 13.0. The van der Waals surface area contributed by atoms with Gasteiger partial charge in [-0.15, -0.1) is 0 Å². The number of hydrogen-bond donors (Lipinski definition) is 2. The summed E-state index contributed by atoms with van der Waals surface area (Å²) in [5.41, 5.74) is 0.719. The van der Waals surface area contributed by atoms with Crippen molar-refractivity contribution >= 4 is 17.6 Å². The van der Waals surface area contributed by atoms with Crippen molar-refractivity contribution in [3.05, 3.63) is 24.3 Å². The van der Waals surface area contributed by atoms with Crippen molar-refractivity contribution in [3.8, 4) is 5.75 Å². The second-order valence-corrected chi connectivity index (χ2v) is 3.87. The van der Waals surface area contributed by atoms with Gasteiger partial charge in [0.2, 0.25) is 5.91 Å². The van der Waals surface area contributed by atoms with Crippen molar-refractivity contribution in [1.29, 1.82) is 0 Å². The lowest BCUT2D eigenvalue weighted by Gasteiger charge is -2.28. The van der Waals surface area contributed by atoms with Crippen molar-refractivity contribution in [2.24, 2.45) is 0 Å². The van der Waals surface area contributed by atoms with E-state index in [9.17, 15) is 9.59 Å². The molecule has 0 saturated carbocycles. The maximum atomic E-state index is 11.6. The minimum atomic E-state index is -0.386. The average molecular weight is 250 g/mol. The highest BCUT2D eigenvalue weighted by atomic mass is 16.5. The predicted octanol–water partition coefficient (Wildman–Crippen LogP) is -0.480. The van der Waals surface area contributed by atoms with E-state index in [4.69, 9.17) is 9.84 Å². The molecule has 1 amide bonds. The van der Waals surface area contributed by atoms with Crippen LogP contribution >= 0.6 is 0 Å². The van der Waals surface area contributed by atoms with Crippen LogP contribution in [0.4, 0.5) is 5.69 Å². The fourth-order valence-corrected chi connectivity index (χ4v) is 1.77. The number of hydrogen-bond acceptors (Lipinski definition) is 5. The zero-order valence-corrected chi connectivity index (χ0v) is 9.76. The molecule has 0 radical (unpaired) electrons. The first kappa shape index (κ1) is 12.4. The van der Waals surface area contributed by atoms with Crippen LogP contribution in [-0.2, 0) is 9.59 Å². The molecule has 1 aromatic carbocycles. The third-order valence-corrected chi connectivity index (χ3v) is 2.52. The zero-order valence-electron chi connectivity index (χ0n) is 9.76. The number of aliphatic hydroxyl groups excluding tert-OH is 1. The predicted molar refractivity (Wildman–Crippen MR) is 64.4 cm³/mol. The Morgan fingerprint density at radius 2 is 2.22 bits per heavy atom. The molecule has 1 aromatic rings. The summed E-state index contributed by atoms with van der Waals surface area (Å²) in [5.74, 6) is -0.166. The smallest absolute Gasteiger partial charge is 0.331 e. The molecule has 0 saturated heterocycles. The number of carbonyl (C=O) groups is 2. The molecule has 6 heteroatoms. The Balaban J connectivity index is 2.09. The highest BCUT2D eigenvalue weighted by Crippen LogP contribution is 2.30. The van der Waals surface area contributed by atoms with Crippen LogP contribution in [0.5, 0.6) is 5.75 Å². The van der Waals surface area contributed by atoms with Crippen molar-refractivity contribution in [3.63, 3.8) is 0 Å². The lowest BCUT2D eigenvalue weighted by molar-refractivity contribution is -0.133. The van der Waals surface area contributed by atoms with Gasteiger partial charge in [-0.05, 0) is 12.1 Å². The van der Waals surface area contributed by atoms with Gasteiger partial charge in [-0.3, -0.25) is 4.79 Å². The summed E-state index contributed by atoms with van der Waals surface area (Å²) >= 11 is 0. The number of para-hydroxylation sites is 2. The van der Waals surface area contributed by atoms with Crippen LogP contribution in [0.25, 0.3) is 0 Å². The largest absolute Gasteiger partial charge is 0.423 e. The van der Waals surface area contributed by atoms with Gasteiger partial charge in [0.15, 0.2) is 5.75 Å². The van der Waals surface area contributed by atoms with E-state index in [1.54, 1.807) is 23.1 Å². The minimum absolute atomic E-state index is 0.0452. The number of amides is 1. The van der Waals surface area contributed by atoms with Crippen molar-refractivity contribution in [1.82, 2.24) is 5.32 Å². The first-order chi connectivity index (χ1) is 8.70. The number of esters is 1. The fourth-order valence-electron chi connectivity index (χ4n) is 1.77. The van der Waals surface area contributed by atoms with Gasteiger partial charge < -0.3 is 20.1 Å². The van der Waals surface area contributed by atoms with Gasteiger partial charge in [-0.1, -0.05) is 12.1 Å². The molecule has 18 heavy (non-hydrogen) atoms. The van der Waals surface area contributed by atoms with Gasteiger partial charge in [0.05, 0.1) is 18.8 Å². The molecule has 0 atom stereocenters. The minimum Gasteiger partial charge on any atom is -0.423 e. The number of rotatable bonds is 4. The number of fused-ring (bicyclic) bond motifs is 1. The normalized spacial score (nSPS) is 13.8. The van der Waals surface area contributed by atoms with Crippen LogP contribution < -0.4 is 15.0 Å². The summed E-state index contributed by atoms with van der Waals surface area (Å²) in [7, 11) is 0. The molecular weight excluding hydrogens is 236 g/mol. The topological polar surface area (TPSA) is 78.9 Å². The second kappa shape index (κ2) is 5.50. The summed E-state index contributed by atoms with van der Waals surface area (Å²) in [6.45, 7) is 0.207. The van der Waals surface area contributed by atoms with Gasteiger partial charge in [-0.25, -0.2) is 4.79 Å². The number of nitrogens with one attached hydrogen (secondary N) is 1. The summed E-state index contributed by atoms with van der Waals surface area (Å²) in [6, 6.07) is 7.06. The Morgan fingerprint density at radius 3 is 3.00 bits per heavy atom. The number of nitrogens with zero attached hydrogens (tertiary/aromatic N) is 1. The molecule has 1 heterocycles. The monoisotopic (exact) mass is 250 g/mol. The number of aliphatic hydroxyl groups is 1. The number of anilines is 1. The van der Waals surface area contributed by atoms with E-state index in [0.29, 0.717) is 5.75 Å². The van der Waals surface area contributed by atoms with E-state index < -0.39 is 0 Å². The fraction of sp³-hybridized carbons (Fsp3) is 0.333. The molecule has 1 aliphatic heterocycles. The van der Waals surface area contributed by atoms with E-state index >= 15 is 0 Å². The van der Waals surface area contributed by atoms with Gasteiger partial charge in [0.25, 0.3) is 0 Å². The molecule has 0 spiro atoms. The third-order valence-electron chi connectivity index (χ3n) is 2.52. The summed E-state index contributed by atoms with van der Waals surface area (Å²) < 4.78 is 5.07. The molecule has 0 bridgehead atoms. The van der Waals surface area contributed by atoms with E-state index in [-0.39, 0.29) is 38.1 Å². The number of carbonyl (C=O) groups excluding carboxylic acids is 2. The first-order valence-electron chi connectivity index (χ1n) is 5.63. The van der Waals surface area contributed by atoms with Crippen LogP contribution in [0.3, 0.4) is 0 Å². The molecule has 2 N–H and O–H groups in total. The Hall–Kier alpha value is -2.08. The van der Waals surface area contributed by atoms with Gasteiger partial charge >= 0.3 is 5.97 Å². The van der Waals surface area contributed by atoms with E-state index in [2.05, 4.69) is 5.32 Å². The van der Waals surface area contributed by atoms with Crippen LogP contribution in [0.15, 0.2) is 24.3 Å². The number of benzene rings is 1. The Bertz CT molecular complexity index is 461. The highest BCUT2D eigenvalue weighted by Gasteiger charge is 2.24.